The van der Waals surface area contributed by atoms with Crippen LogP contribution in [0.5, 0.6) is 0 Å². The minimum atomic E-state index is -1.23. The van der Waals surface area contributed by atoms with Gasteiger partial charge in [-0.25, -0.2) is 0 Å². The summed E-state index contributed by atoms with van der Waals surface area (Å²) in [5.41, 5.74) is 0. The molecule has 0 heterocycles. The van der Waals surface area contributed by atoms with Gasteiger partial charge in [-0.05, 0) is 0 Å². The van der Waals surface area contributed by atoms with Crippen molar-refractivity contribution in [2.75, 3.05) is 78.5 Å². The van der Waals surface area contributed by atoms with E-state index in [9.17, 15) is 38.4 Å². The van der Waals surface area contributed by atoms with E-state index >= 15 is 0 Å². The van der Waals surface area contributed by atoms with Gasteiger partial charge in [0.25, 0.3) is 0 Å². The van der Waals surface area contributed by atoms with Crippen molar-refractivity contribution >= 4 is 166 Å². The summed E-state index contributed by atoms with van der Waals surface area (Å²) < 4.78 is 0. The molecule has 0 aromatic carbocycles. The summed E-state index contributed by atoms with van der Waals surface area (Å²) in [6, 6.07) is 0. The van der Waals surface area contributed by atoms with Gasteiger partial charge in [-0.3, -0.25) is 58.0 Å². The van der Waals surface area contributed by atoms with Crippen molar-refractivity contribution in [3.8, 4) is 0 Å². The van der Waals surface area contributed by atoms with Gasteiger partial charge in [-0.15, -0.1) is 0 Å². The van der Waals surface area contributed by atoms with Crippen molar-refractivity contribution in [3.63, 3.8) is 0 Å². The van der Waals surface area contributed by atoms with Crippen molar-refractivity contribution in [1.29, 1.82) is 0 Å². The first-order valence-electron chi connectivity index (χ1n) is 11.0. The third-order valence-electron chi connectivity index (χ3n) is 4.34. The summed E-state index contributed by atoms with van der Waals surface area (Å²) in [4.78, 5) is 88.7. The molecule has 244 valence electrons. The Morgan fingerprint density at radius 2 is 0.378 bits per heavy atom. The molecule has 21 nitrogen and oxygen atoms in total. The second-order valence-corrected chi connectivity index (χ2v) is 7.99. The summed E-state index contributed by atoms with van der Waals surface area (Å²) in [6.07, 6.45) is 0. The summed E-state index contributed by atoms with van der Waals surface area (Å²) in [6.45, 7) is -4.50. The molecule has 0 bridgehead atoms. The molecule has 0 saturated heterocycles. The molecule has 25 heteroatoms. The van der Waals surface area contributed by atoms with Gasteiger partial charge in [0.2, 0.25) is 0 Å². The van der Waals surface area contributed by atoms with Crippen LogP contribution in [0.3, 0.4) is 0 Å². The molecule has 0 aliphatic carbocycles. The van der Waals surface area contributed by atoms with Crippen molar-refractivity contribution in [2.24, 2.45) is 0 Å². The van der Waals surface area contributed by atoms with Gasteiger partial charge in [0.15, 0.2) is 0 Å². The molecule has 0 fully saturated rings. The van der Waals surface area contributed by atoms with Gasteiger partial charge in [-0.2, -0.15) is 0 Å². The van der Waals surface area contributed by atoms with Crippen LogP contribution in [0.1, 0.15) is 0 Å². The Labute approximate surface area is 345 Å². The van der Waals surface area contributed by atoms with Gasteiger partial charge in [0, 0.05) is 26.2 Å². The molecule has 11 N–H and O–H groups in total. The van der Waals surface area contributed by atoms with Gasteiger partial charge in [-0.1, -0.05) is 0 Å². The van der Waals surface area contributed by atoms with E-state index < -0.39 is 100 Å². The van der Waals surface area contributed by atoms with Crippen molar-refractivity contribution in [1.82, 2.24) is 25.8 Å². The van der Waals surface area contributed by atoms with E-state index in [0.717, 1.165) is 19.6 Å². The SMILES string of the molecule is N.O=C(O)CN(CCN(CC(=O)O)CC(=O)O)CC(=O)O.O=C(O)CN(CCN(CC(=O)O)CC(=O)O)CC(=O)O.[NaH].[NaH].[NaH].[NaH]. The number of carbonyl (C=O) groups is 8. The molecule has 0 spiro atoms. The first-order valence-corrected chi connectivity index (χ1v) is 11.0. The molecule has 0 aromatic heterocycles. The third kappa shape index (κ3) is 43.6. The first-order chi connectivity index (χ1) is 18.4. The summed E-state index contributed by atoms with van der Waals surface area (Å²) in [5, 5.41) is 68.9. The molecular weight excluding hydrogens is 658 g/mol. The van der Waals surface area contributed by atoms with Crippen LogP contribution in [0.4, 0.5) is 0 Å². The van der Waals surface area contributed by atoms with Crippen LogP contribution in [0.25, 0.3) is 0 Å². The van der Waals surface area contributed by atoms with E-state index in [2.05, 4.69) is 0 Å². The molecule has 0 saturated carbocycles. The monoisotopic (exact) mass is 697 g/mol. The molecule has 0 rings (SSSR count). The number of aliphatic carboxylic acids is 8. The number of rotatable bonds is 22. The number of carboxylic acid groups (broad SMARTS) is 8. The topological polar surface area (TPSA) is 346 Å². The summed E-state index contributed by atoms with van der Waals surface area (Å²) in [7, 11) is 0. The molecule has 0 aliphatic rings. The average molecular weight is 698 g/mol. The van der Waals surface area contributed by atoms with Gasteiger partial charge >= 0.3 is 166 Å². The quantitative estimate of drug-likeness (QED) is 0.0475. The molecule has 0 aliphatic heterocycles. The van der Waals surface area contributed by atoms with Crippen LogP contribution in [0.2, 0.25) is 0 Å². The first kappa shape index (κ1) is 59.9. The van der Waals surface area contributed by atoms with E-state index in [1.54, 1.807) is 0 Å². The maximum atomic E-state index is 10.6. The Morgan fingerprint density at radius 1 is 0.289 bits per heavy atom. The number of nitrogens with zero attached hydrogens (tertiary/aromatic N) is 4. The Hall–Kier alpha value is -0.440. The zero-order valence-electron chi connectivity index (χ0n) is 21.8. The molecule has 0 unspecified atom stereocenters. The van der Waals surface area contributed by atoms with Crippen LogP contribution in [-0.4, -0.2) is 305 Å². The summed E-state index contributed by atoms with van der Waals surface area (Å²) in [5.74, 6) is -9.82. The van der Waals surface area contributed by atoms with E-state index in [4.69, 9.17) is 40.9 Å². The van der Waals surface area contributed by atoms with Crippen molar-refractivity contribution in [3.05, 3.63) is 0 Å². The molecule has 0 atom stereocenters. The molecule has 0 radical (unpaired) electrons. The summed E-state index contributed by atoms with van der Waals surface area (Å²) >= 11 is 0. The van der Waals surface area contributed by atoms with E-state index in [1.807, 2.05) is 0 Å². The van der Waals surface area contributed by atoms with Gasteiger partial charge < -0.3 is 47.0 Å². The van der Waals surface area contributed by atoms with E-state index in [1.165, 1.54) is 0 Å². The average Bonchev–Trinajstić information content (AvgIpc) is 2.72. The zero-order valence-corrected chi connectivity index (χ0v) is 21.8. The third-order valence-corrected chi connectivity index (χ3v) is 4.34. The van der Waals surface area contributed by atoms with Crippen LogP contribution >= 0.6 is 0 Å². The molecule has 45 heavy (non-hydrogen) atoms. The number of hydrogen-bond acceptors (Lipinski definition) is 13. The second-order valence-electron chi connectivity index (χ2n) is 7.99. The van der Waals surface area contributed by atoms with Crippen molar-refractivity contribution < 1.29 is 79.2 Å². The Morgan fingerprint density at radius 3 is 0.444 bits per heavy atom. The second kappa shape index (κ2) is 34.9. The fourth-order valence-corrected chi connectivity index (χ4v) is 2.95. The van der Waals surface area contributed by atoms with Gasteiger partial charge in [0.1, 0.15) is 0 Å². The van der Waals surface area contributed by atoms with Crippen LogP contribution in [-0.2, 0) is 38.4 Å². The fraction of sp³-hybridized carbons (Fsp3) is 0.600. The number of hydrogen-bond donors (Lipinski definition) is 9. The Kier molecular flexibility index (Phi) is 46.5. The predicted molar refractivity (Wildman–Crippen MR) is 160 cm³/mol. The standard InChI is InChI=1S/2C10H16N2O8.H3N.4Na.4H/c2*13-7(14)3-11(4-8(15)16)1-2-12(5-9(17)18)6-10(19)20;;;;;;;;;/h2*1-6H2,(H,13,14)(H,15,16)(H,17,18)(H,19,20);1H3;;;;;;;;. The van der Waals surface area contributed by atoms with E-state index in [0.29, 0.717) is 0 Å². The van der Waals surface area contributed by atoms with Gasteiger partial charge in [0.05, 0.1) is 52.4 Å². The number of carboxylic acids is 8. The Bertz CT molecular complexity index is 726. The Balaban J connectivity index is -0.000000116. The molecule has 0 aromatic rings. The molecular formula is C20H39N5Na4O16. The van der Waals surface area contributed by atoms with Crippen LogP contribution in [0.15, 0.2) is 0 Å². The van der Waals surface area contributed by atoms with E-state index in [-0.39, 0.29) is 151 Å². The van der Waals surface area contributed by atoms with Crippen LogP contribution < -0.4 is 6.15 Å². The normalized spacial score (nSPS) is 9.51. The fourth-order valence-electron chi connectivity index (χ4n) is 2.95. The van der Waals surface area contributed by atoms with Crippen molar-refractivity contribution in [2.45, 2.75) is 0 Å². The molecule has 0 amide bonds. The maximum absolute atomic E-state index is 10.6. The van der Waals surface area contributed by atoms with Crippen LogP contribution in [0, 0.1) is 0 Å². The predicted octanol–water partition coefficient (Wildman–Crippen LogP) is -6.57. The zero-order chi connectivity index (χ0) is 31.4. The minimum absolute atomic E-state index is 0.